The Morgan fingerprint density at radius 2 is 1.72 bits per heavy atom. The van der Waals surface area contributed by atoms with Gasteiger partial charge in [-0.15, -0.1) is 0 Å². The van der Waals surface area contributed by atoms with Crippen molar-refractivity contribution in [3.05, 3.63) is 11.6 Å². The molecule has 4 saturated carbocycles. The van der Waals surface area contributed by atoms with Gasteiger partial charge in [0.1, 0.15) is 25.0 Å². The molecule has 1 saturated heterocycles. The van der Waals surface area contributed by atoms with E-state index in [2.05, 4.69) is 43.8 Å². The van der Waals surface area contributed by atoms with Gasteiger partial charge in [0.15, 0.2) is 6.29 Å². The molecule has 13 nitrogen and oxygen atoms in total. The van der Waals surface area contributed by atoms with E-state index < -0.39 is 82.6 Å². The molecule has 0 bridgehead atoms. The van der Waals surface area contributed by atoms with Crippen molar-refractivity contribution >= 4 is 17.9 Å². The number of aliphatic hydroxyl groups excluding tert-OH is 7. The van der Waals surface area contributed by atoms with Crippen molar-refractivity contribution in [1.82, 2.24) is 0 Å². The molecule has 0 radical (unpaired) electrons. The van der Waals surface area contributed by atoms with Crippen LogP contribution in [0.15, 0.2) is 21.6 Å². The predicted octanol–water partition coefficient (Wildman–Crippen LogP) is 2.07. The molecule has 17 atom stereocenters. The number of hydrogen-bond donors (Lipinski definition) is 8. The summed E-state index contributed by atoms with van der Waals surface area (Å²) in [7, 11) is 0. The number of ether oxygens (including phenoxy) is 2. The van der Waals surface area contributed by atoms with Gasteiger partial charge in [-0.3, -0.25) is 14.8 Å². The van der Waals surface area contributed by atoms with Gasteiger partial charge in [0.25, 0.3) is 0 Å². The van der Waals surface area contributed by atoms with Crippen LogP contribution in [0, 0.1) is 56.2 Å². The van der Waals surface area contributed by atoms with Gasteiger partial charge >= 0.3 is 5.97 Å². The molecule has 8 N–H and O–H groups in total. The molecule has 0 aromatic rings. The third-order valence-electron chi connectivity index (χ3n) is 16.9. The average Bonchev–Trinajstić information content (AvgIpc) is 3.63. The molecule has 53 heavy (non-hydrogen) atoms. The van der Waals surface area contributed by atoms with Crippen LogP contribution in [-0.4, -0.2) is 128 Å². The lowest BCUT2D eigenvalue weighted by molar-refractivity contribution is -0.336. The van der Waals surface area contributed by atoms with Gasteiger partial charge in [-0.1, -0.05) is 46.3 Å². The van der Waals surface area contributed by atoms with Gasteiger partial charge in [-0.05, 0) is 103 Å². The van der Waals surface area contributed by atoms with Gasteiger partial charge < -0.3 is 50.3 Å². The molecular formula is C40H62N2O11. The van der Waals surface area contributed by atoms with Gasteiger partial charge in [-0.2, -0.15) is 0 Å². The van der Waals surface area contributed by atoms with E-state index in [1.807, 2.05) is 13.1 Å². The third kappa shape index (κ3) is 5.53. The highest BCUT2D eigenvalue weighted by Crippen LogP contribution is 2.77. The summed E-state index contributed by atoms with van der Waals surface area (Å²) in [6.07, 6.45) is -0.0441. The summed E-state index contributed by atoms with van der Waals surface area (Å²) in [6, 6.07) is 0. The number of nitrogens with zero attached hydrogens (tertiary/aromatic N) is 2. The van der Waals surface area contributed by atoms with Crippen LogP contribution in [0.2, 0.25) is 0 Å². The maximum atomic E-state index is 13.5. The van der Waals surface area contributed by atoms with Crippen molar-refractivity contribution in [3.63, 3.8) is 0 Å². The van der Waals surface area contributed by atoms with Crippen molar-refractivity contribution in [2.24, 2.45) is 66.1 Å². The van der Waals surface area contributed by atoms with Gasteiger partial charge in [0.05, 0.1) is 42.7 Å². The normalized spacial score (nSPS) is 52.7. The molecule has 5 fully saturated rings. The highest BCUT2D eigenvalue weighted by Gasteiger charge is 2.73. The number of rotatable bonds is 8. The number of aliphatic hydroxyl groups is 7. The largest absolute Gasteiger partial charge is 0.481 e. The van der Waals surface area contributed by atoms with E-state index >= 15 is 0 Å². The third-order valence-corrected chi connectivity index (χ3v) is 16.9. The summed E-state index contributed by atoms with van der Waals surface area (Å²) in [5.41, 5.74) is -1.92. The van der Waals surface area contributed by atoms with Crippen LogP contribution in [0.5, 0.6) is 0 Å². The van der Waals surface area contributed by atoms with Crippen LogP contribution >= 0.6 is 0 Å². The monoisotopic (exact) mass is 746 g/mol. The van der Waals surface area contributed by atoms with Crippen LogP contribution in [0.25, 0.3) is 0 Å². The molecule has 0 aromatic carbocycles. The van der Waals surface area contributed by atoms with E-state index in [1.54, 1.807) is 0 Å². The first-order chi connectivity index (χ1) is 24.9. The summed E-state index contributed by atoms with van der Waals surface area (Å²) in [4.78, 5) is 22.6. The summed E-state index contributed by atoms with van der Waals surface area (Å²) < 4.78 is 11.9. The lowest BCUT2D eigenvalue weighted by Gasteiger charge is -2.73. The number of carbonyl (C=O) groups is 1. The molecular weight excluding hydrogens is 684 g/mol. The minimum Gasteiger partial charge on any atom is -0.481 e. The Hall–Kier alpha value is -1.81. The quantitative estimate of drug-likeness (QED) is 0.133. The first-order valence-corrected chi connectivity index (χ1v) is 19.7. The second kappa shape index (κ2) is 13.4. The zero-order valence-electron chi connectivity index (χ0n) is 31.9. The molecule has 13 heteroatoms. The standard InChI is InChI=1S/C40H62N2O11/c1-35(19-44)10-11-40(34(50)51)13-21(12-22-16-41-20-42-22)39(5)23(24(40)14-35)6-7-27-36(2)15-25(45)32(53-33-31(49)30(48)26(46)18-52-33)38(4,29(47)17-43)28(36)8-9-37(27,39)3/h6,16,21,24-33,43-49H,7-15,17-20H2,1-5H3,(H,50,51). The van der Waals surface area contributed by atoms with E-state index in [0.717, 1.165) is 12.1 Å². The molecule has 2 aliphatic heterocycles. The molecule has 7 aliphatic rings. The van der Waals surface area contributed by atoms with Crippen molar-refractivity contribution < 1.29 is 55.1 Å². The summed E-state index contributed by atoms with van der Waals surface area (Å²) in [6.45, 7) is 10.3. The van der Waals surface area contributed by atoms with E-state index in [4.69, 9.17) is 9.47 Å². The van der Waals surface area contributed by atoms with Crippen molar-refractivity contribution in [2.75, 3.05) is 26.5 Å². The molecule has 0 amide bonds. The van der Waals surface area contributed by atoms with E-state index in [1.165, 1.54) is 5.57 Å². The summed E-state index contributed by atoms with van der Waals surface area (Å²) in [5, 5.41) is 87.2. The topological polar surface area (TPSA) is 222 Å². The lowest BCUT2D eigenvalue weighted by atomic mass is 9.31. The van der Waals surface area contributed by atoms with Crippen LogP contribution in [0.1, 0.15) is 92.4 Å². The van der Waals surface area contributed by atoms with Crippen molar-refractivity contribution in [3.8, 4) is 0 Å². The molecule has 7 rings (SSSR count). The second-order valence-electron chi connectivity index (χ2n) is 19.2. The Morgan fingerprint density at radius 3 is 2.36 bits per heavy atom. The zero-order valence-corrected chi connectivity index (χ0v) is 31.9. The van der Waals surface area contributed by atoms with Gasteiger partial charge in [0.2, 0.25) is 0 Å². The Morgan fingerprint density at radius 1 is 0.981 bits per heavy atom. The number of carboxylic acids is 1. The lowest BCUT2D eigenvalue weighted by Crippen LogP contribution is -2.71. The molecule has 17 unspecified atom stereocenters. The minimum atomic E-state index is -1.59. The molecule has 0 spiro atoms. The number of allylic oxidation sites excluding steroid dienone is 2. The Labute approximate surface area is 312 Å². The molecule has 5 aliphatic carbocycles. The summed E-state index contributed by atoms with van der Waals surface area (Å²) >= 11 is 0. The maximum Gasteiger partial charge on any atom is 0.310 e. The Kier molecular flexibility index (Phi) is 9.97. The molecule has 0 aromatic heterocycles. The second-order valence-corrected chi connectivity index (χ2v) is 19.2. The average molecular weight is 747 g/mol. The van der Waals surface area contributed by atoms with Crippen molar-refractivity contribution in [1.29, 1.82) is 0 Å². The molecule has 2 heterocycles. The first kappa shape index (κ1) is 39.4. The predicted molar refractivity (Wildman–Crippen MR) is 194 cm³/mol. The number of carboxylic acid groups (broad SMARTS) is 1. The van der Waals surface area contributed by atoms with E-state index in [-0.39, 0.29) is 42.3 Å². The summed E-state index contributed by atoms with van der Waals surface area (Å²) in [5.74, 6) is -1.35. The number of aliphatic imine (C=N–C) groups is 2. The SMILES string of the molecule is CC1(CO)CCC2(C(=O)O)CC(CC3=NCN=C3)C3(C)C(=CCC4C5(C)CC(O)C(OC6OCC(O)C(O)C6O)C(C)(C(O)CO)C5CCC43C)C2C1. The fourth-order valence-electron chi connectivity index (χ4n) is 13.7. The van der Waals surface area contributed by atoms with E-state index in [9.17, 15) is 45.6 Å². The van der Waals surface area contributed by atoms with Crippen molar-refractivity contribution in [2.45, 2.75) is 135 Å². The van der Waals surface area contributed by atoms with Gasteiger partial charge in [0, 0.05) is 18.2 Å². The number of hydrogen-bond acceptors (Lipinski definition) is 12. The first-order valence-electron chi connectivity index (χ1n) is 19.7. The Balaban J connectivity index is 1.32. The highest BCUT2D eigenvalue weighted by atomic mass is 16.7. The Bertz CT molecular complexity index is 1540. The van der Waals surface area contributed by atoms with Crippen LogP contribution < -0.4 is 0 Å². The zero-order chi connectivity index (χ0) is 38.5. The smallest absolute Gasteiger partial charge is 0.310 e. The number of aliphatic carboxylic acids is 1. The fraction of sp³-hybridized carbons (Fsp3) is 0.875. The van der Waals surface area contributed by atoms with Crippen LogP contribution in [0.4, 0.5) is 0 Å². The van der Waals surface area contributed by atoms with Crippen LogP contribution in [0.3, 0.4) is 0 Å². The minimum absolute atomic E-state index is 0.00506. The van der Waals surface area contributed by atoms with Crippen LogP contribution in [-0.2, 0) is 14.3 Å². The molecule has 298 valence electrons. The fourth-order valence-corrected chi connectivity index (χ4v) is 13.7. The number of fused-ring (bicyclic) bond motifs is 7. The van der Waals surface area contributed by atoms with Gasteiger partial charge in [-0.25, -0.2) is 0 Å². The maximum absolute atomic E-state index is 13.5. The highest BCUT2D eigenvalue weighted by molar-refractivity contribution is 6.31. The van der Waals surface area contributed by atoms with E-state index in [0.29, 0.717) is 58.0 Å².